The highest BCUT2D eigenvalue weighted by Gasteiger charge is 2.22. The van der Waals surface area contributed by atoms with E-state index in [0.717, 1.165) is 36.2 Å². The molecule has 1 aliphatic heterocycles. The van der Waals surface area contributed by atoms with Crippen molar-refractivity contribution in [1.82, 2.24) is 14.9 Å². The highest BCUT2D eigenvalue weighted by atomic mass is 32.1. The number of likely N-dealkylation sites (tertiary alicyclic amines) is 1. The molecule has 2 aromatic rings. The molecule has 0 aromatic carbocycles. The number of aryl methyl sites for hydroxylation is 2. The highest BCUT2D eigenvalue weighted by molar-refractivity contribution is 7.11. The third kappa shape index (κ3) is 4.02. The summed E-state index contributed by atoms with van der Waals surface area (Å²) in [5.41, 5.74) is 1.06. The Hall–Kier alpha value is -1.46. The van der Waals surface area contributed by atoms with Crippen LogP contribution in [0, 0.1) is 19.8 Å². The van der Waals surface area contributed by atoms with E-state index in [9.17, 15) is 0 Å². The SMILES string of the molecule is Cc1cccc(NC[C@H]2CCN(Cc3cnc(C)s3)C2)n1. The van der Waals surface area contributed by atoms with Gasteiger partial charge in [-0.2, -0.15) is 0 Å². The summed E-state index contributed by atoms with van der Waals surface area (Å²) in [6, 6.07) is 6.12. The number of aromatic nitrogens is 2. The molecule has 0 saturated carbocycles. The number of anilines is 1. The zero-order valence-electron chi connectivity index (χ0n) is 12.7. The molecular weight excluding hydrogens is 280 g/mol. The molecule has 1 aliphatic rings. The Labute approximate surface area is 130 Å². The summed E-state index contributed by atoms with van der Waals surface area (Å²) < 4.78 is 0. The van der Waals surface area contributed by atoms with Crippen LogP contribution in [0.15, 0.2) is 24.4 Å². The van der Waals surface area contributed by atoms with E-state index in [1.165, 1.54) is 17.8 Å². The normalized spacial score (nSPS) is 19.0. The van der Waals surface area contributed by atoms with Crippen LogP contribution in [0.2, 0.25) is 0 Å². The lowest BCUT2D eigenvalue weighted by Crippen LogP contribution is -2.22. The van der Waals surface area contributed by atoms with E-state index in [2.05, 4.69) is 33.2 Å². The molecule has 0 spiro atoms. The molecule has 0 aliphatic carbocycles. The van der Waals surface area contributed by atoms with Gasteiger partial charge in [0.2, 0.25) is 0 Å². The average Bonchev–Trinajstić information content (AvgIpc) is 3.06. The Balaban J connectivity index is 1.46. The molecule has 4 nitrogen and oxygen atoms in total. The summed E-state index contributed by atoms with van der Waals surface area (Å²) in [6.07, 6.45) is 3.28. The van der Waals surface area contributed by atoms with Crippen molar-refractivity contribution in [1.29, 1.82) is 0 Å². The van der Waals surface area contributed by atoms with Crippen molar-refractivity contribution >= 4 is 17.2 Å². The molecule has 3 heterocycles. The van der Waals surface area contributed by atoms with Crippen LogP contribution in [0.5, 0.6) is 0 Å². The summed E-state index contributed by atoms with van der Waals surface area (Å²) in [5.74, 6) is 1.70. The summed E-state index contributed by atoms with van der Waals surface area (Å²) in [4.78, 5) is 12.7. The minimum absolute atomic E-state index is 0.710. The van der Waals surface area contributed by atoms with Crippen LogP contribution < -0.4 is 5.32 Å². The van der Waals surface area contributed by atoms with E-state index in [1.807, 2.05) is 36.6 Å². The van der Waals surface area contributed by atoms with Gasteiger partial charge < -0.3 is 5.32 Å². The Kier molecular flexibility index (Phi) is 4.51. The van der Waals surface area contributed by atoms with Crippen molar-refractivity contribution in [3.05, 3.63) is 40.0 Å². The first kappa shape index (κ1) is 14.5. The lowest BCUT2D eigenvalue weighted by atomic mass is 10.1. The fraction of sp³-hybridized carbons (Fsp3) is 0.500. The Morgan fingerprint density at radius 2 is 2.29 bits per heavy atom. The van der Waals surface area contributed by atoms with Crippen molar-refractivity contribution in [2.75, 3.05) is 25.0 Å². The van der Waals surface area contributed by atoms with Gasteiger partial charge in [-0.25, -0.2) is 9.97 Å². The molecule has 0 radical (unpaired) electrons. The first-order chi connectivity index (χ1) is 10.2. The maximum Gasteiger partial charge on any atom is 0.126 e. The van der Waals surface area contributed by atoms with Crippen molar-refractivity contribution in [2.45, 2.75) is 26.8 Å². The minimum Gasteiger partial charge on any atom is -0.370 e. The van der Waals surface area contributed by atoms with Crippen LogP contribution >= 0.6 is 11.3 Å². The fourth-order valence-electron chi connectivity index (χ4n) is 2.81. The van der Waals surface area contributed by atoms with Gasteiger partial charge in [0, 0.05) is 36.4 Å². The zero-order chi connectivity index (χ0) is 14.7. The lowest BCUT2D eigenvalue weighted by Gasteiger charge is -2.15. The van der Waals surface area contributed by atoms with Crippen LogP contribution in [0.25, 0.3) is 0 Å². The second-order valence-corrected chi connectivity index (χ2v) is 7.10. The molecule has 112 valence electrons. The predicted molar refractivity (Wildman–Crippen MR) is 87.7 cm³/mol. The molecule has 5 heteroatoms. The van der Waals surface area contributed by atoms with E-state index in [0.29, 0.717) is 5.92 Å². The molecular formula is C16H22N4S. The minimum atomic E-state index is 0.710. The number of hydrogen-bond donors (Lipinski definition) is 1. The predicted octanol–water partition coefficient (Wildman–Crippen LogP) is 3.09. The number of nitrogens with zero attached hydrogens (tertiary/aromatic N) is 3. The Bertz CT molecular complexity index is 595. The third-order valence-corrected chi connectivity index (χ3v) is 4.78. The monoisotopic (exact) mass is 302 g/mol. The molecule has 0 unspecified atom stereocenters. The zero-order valence-corrected chi connectivity index (χ0v) is 13.5. The van der Waals surface area contributed by atoms with Gasteiger partial charge in [0.15, 0.2) is 0 Å². The molecule has 1 atom stereocenters. The van der Waals surface area contributed by atoms with Crippen molar-refractivity contribution in [2.24, 2.45) is 5.92 Å². The van der Waals surface area contributed by atoms with E-state index in [1.54, 1.807) is 0 Å². The summed E-state index contributed by atoms with van der Waals surface area (Å²) >= 11 is 1.81. The van der Waals surface area contributed by atoms with Crippen molar-refractivity contribution < 1.29 is 0 Å². The lowest BCUT2D eigenvalue weighted by molar-refractivity contribution is 0.321. The van der Waals surface area contributed by atoms with Gasteiger partial charge in [0.05, 0.1) is 5.01 Å². The fourth-order valence-corrected chi connectivity index (χ4v) is 3.65. The first-order valence-electron chi connectivity index (χ1n) is 7.50. The molecule has 0 bridgehead atoms. The first-order valence-corrected chi connectivity index (χ1v) is 8.32. The molecule has 1 fully saturated rings. The van der Waals surface area contributed by atoms with Crippen LogP contribution in [0.3, 0.4) is 0 Å². The molecule has 1 N–H and O–H groups in total. The summed E-state index contributed by atoms with van der Waals surface area (Å²) in [6.45, 7) is 8.50. The van der Waals surface area contributed by atoms with Gasteiger partial charge >= 0.3 is 0 Å². The summed E-state index contributed by atoms with van der Waals surface area (Å²) in [5, 5.41) is 4.63. The number of hydrogen-bond acceptors (Lipinski definition) is 5. The quantitative estimate of drug-likeness (QED) is 0.921. The summed E-state index contributed by atoms with van der Waals surface area (Å²) in [7, 11) is 0. The van der Waals surface area contributed by atoms with Gasteiger partial charge in [0.1, 0.15) is 5.82 Å². The van der Waals surface area contributed by atoms with E-state index < -0.39 is 0 Å². The number of rotatable bonds is 5. The van der Waals surface area contributed by atoms with Crippen molar-refractivity contribution in [3.8, 4) is 0 Å². The number of nitrogens with one attached hydrogen (secondary N) is 1. The van der Waals surface area contributed by atoms with Gasteiger partial charge in [-0.05, 0) is 44.9 Å². The molecule has 0 amide bonds. The largest absolute Gasteiger partial charge is 0.370 e. The van der Waals surface area contributed by atoms with Crippen LogP contribution in [-0.2, 0) is 6.54 Å². The second-order valence-electron chi connectivity index (χ2n) is 5.78. The Morgan fingerprint density at radius 3 is 3.05 bits per heavy atom. The highest BCUT2D eigenvalue weighted by Crippen LogP contribution is 2.21. The Morgan fingerprint density at radius 1 is 1.38 bits per heavy atom. The topological polar surface area (TPSA) is 41.0 Å². The maximum atomic E-state index is 4.49. The van der Waals surface area contributed by atoms with Gasteiger partial charge in [0.25, 0.3) is 0 Å². The van der Waals surface area contributed by atoms with E-state index in [-0.39, 0.29) is 0 Å². The van der Waals surface area contributed by atoms with Crippen LogP contribution in [0.4, 0.5) is 5.82 Å². The smallest absolute Gasteiger partial charge is 0.126 e. The maximum absolute atomic E-state index is 4.49. The standard InChI is InChI=1S/C16H22N4S/c1-12-4-3-5-16(19-12)18-8-14-6-7-20(10-14)11-15-9-17-13(2)21-15/h3-5,9,14H,6-8,10-11H2,1-2H3,(H,18,19)/t14-/m1/s1. The molecule has 2 aromatic heterocycles. The molecule has 3 rings (SSSR count). The molecule has 1 saturated heterocycles. The number of pyridine rings is 1. The van der Waals surface area contributed by atoms with Gasteiger partial charge in [-0.3, -0.25) is 4.90 Å². The number of thiazole rings is 1. The third-order valence-electron chi connectivity index (χ3n) is 3.88. The van der Waals surface area contributed by atoms with Crippen LogP contribution in [-0.4, -0.2) is 34.5 Å². The second kappa shape index (κ2) is 6.54. The van der Waals surface area contributed by atoms with E-state index in [4.69, 9.17) is 0 Å². The van der Waals surface area contributed by atoms with Gasteiger partial charge in [-0.1, -0.05) is 6.07 Å². The van der Waals surface area contributed by atoms with Gasteiger partial charge in [-0.15, -0.1) is 11.3 Å². The van der Waals surface area contributed by atoms with Crippen LogP contribution in [0.1, 0.15) is 22.0 Å². The van der Waals surface area contributed by atoms with Crippen molar-refractivity contribution in [3.63, 3.8) is 0 Å². The average molecular weight is 302 g/mol. The molecule has 21 heavy (non-hydrogen) atoms. The van der Waals surface area contributed by atoms with E-state index >= 15 is 0 Å².